The highest BCUT2D eigenvalue weighted by atomic mass is 35.5. The first-order valence-electron chi connectivity index (χ1n) is 8.17. The van der Waals surface area contributed by atoms with Crippen LogP contribution in [-0.4, -0.2) is 49.4 Å². The van der Waals surface area contributed by atoms with Crippen molar-refractivity contribution in [1.29, 1.82) is 0 Å². The fourth-order valence-electron chi connectivity index (χ4n) is 3.09. The lowest BCUT2D eigenvalue weighted by Crippen LogP contribution is -2.45. The van der Waals surface area contributed by atoms with Gasteiger partial charge in [0, 0.05) is 50.5 Å². The number of rotatable bonds is 5. The third kappa shape index (κ3) is 4.44. The second-order valence-electron chi connectivity index (χ2n) is 6.07. The lowest BCUT2D eigenvalue weighted by molar-refractivity contribution is -0.185. The van der Waals surface area contributed by atoms with Gasteiger partial charge in [-0.3, -0.25) is 4.79 Å². The van der Waals surface area contributed by atoms with Crippen LogP contribution in [0.25, 0.3) is 0 Å². The van der Waals surface area contributed by atoms with Crippen LogP contribution >= 0.6 is 11.6 Å². The summed E-state index contributed by atoms with van der Waals surface area (Å²) in [7, 11) is 0. The standard InChI is InChI=1S/C17H23ClN2O3/c18-15-4-2-1-3-14(15)13-19-16(21)5-8-20-9-6-17(7-10-20)22-11-12-23-17/h1-4H,5-13H2,(H,19,21). The number of hydrogen-bond acceptors (Lipinski definition) is 4. The van der Waals surface area contributed by atoms with Gasteiger partial charge >= 0.3 is 0 Å². The number of ether oxygens (including phenoxy) is 2. The van der Waals surface area contributed by atoms with Crippen LogP contribution in [0.5, 0.6) is 0 Å². The Balaban J connectivity index is 1.36. The second-order valence-corrected chi connectivity index (χ2v) is 6.47. The number of benzene rings is 1. The molecule has 1 amide bonds. The Morgan fingerprint density at radius 3 is 2.61 bits per heavy atom. The van der Waals surface area contributed by atoms with Crippen LogP contribution in [-0.2, 0) is 20.8 Å². The highest BCUT2D eigenvalue weighted by Gasteiger charge is 2.39. The van der Waals surface area contributed by atoms with Gasteiger partial charge in [-0.25, -0.2) is 0 Å². The molecule has 2 saturated heterocycles. The van der Waals surface area contributed by atoms with E-state index >= 15 is 0 Å². The fraction of sp³-hybridized carbons (Fsp3) is 0.588. The van der Waals surface area contributed by atoms with Crippen molar-refractivity contribution in [3.63, 3.8) is 0 Å². The van der Waals surface area contributed by atoms with Crippen LogP contribution in [0, 0.1) is 0 Å². The summed E-state index contributed by atoms with van der Waals surface area (Å²) in [6.45, 7) is 4.47. The summed E-state index contributed by atoms with van der Waals surface area (Å²) in [6.07, 6.45) is 2.27. The normalized spacial score (nSPS) is 20.7. The number of halogens is 1. The van der Waals surface area contributed by atoms with Gasteiger partial charge in [-0.2, -0.15) is 0 Å². The molecule has 2 heterocycles. The highest BCUT2D eigenvalue weighted by molar-refractivity contribution is 6.31. The Morgan fingerprint density at radius 1 is 1.22 bits per heavy atom. The summed E-state index contributed by atoms with van der Waals surface area (Å²) in [5, 5.41) is 3.61. The van der Waals surface area contributed by atoms with E-state index in [2.05, 4.69) is 10.2 Å². The fourth-order valence-corrected chi connectivity index (χ4v) is 3.29. The van der Waals surface area contributed by atoms with E-state index in [0.717, 1.165) is 38.0 Å². The summed E-state index contributed by atoms with van der Waals surface area (Å²) in [6, 6.07) is 7.56. The minimum atomic E-state index is -0.344. The molecule has 0 unspecified atom stereocenters. The summed E-state index contributed by atoms with van der Waals surface area (Å²) >= 11 is 6.08. The summed E-state index contributed by atoms with van der Waals surface area (Å²) in [5.41, 5.74) is 0.943. The van der Waals surface area contributed by atoms with Gasteiger partial charge in [-0.15, -0.1) is 0 Å². The number of piperidine rings is 1. The zero-order chi connectivity index (χ0) is 16.1. The predicted octanol–water partition coefficient (Wildman–Crippen LogP) is 2.19. The van der Waals surface area contributed by atoms with Crippen molar-refractivity contribution in [2.75, 3.05) is 32.8 Å². The third-order valence-corrected chi connectivity index (χ3v) is 4.89. The molecule has 0 radical (unpaired) electrons. The monoisotopic (exact) mass is 338 g/mol. The average molecular weight is 339 g/mol. The molecule has 2 aliphatic heterocycles. The van der Waals surface area contributed by atoms with Gasteiger partial charge in [0.25, 0.3) is 0 Å². The van der Waals surface area contributed by atoms with Crippen molar-refractivity contribution in [3.05, 3.63) is 34.9 Å². The van der Waals surface area contributed by atoms with Gasteiger partial charge in [0.05, 0.1) is 13.2 Å². The zero-order valence-electron chi connectivity index (χ0n) is 13.2. The van der Waals surface area contributed by atoms with Crippen molar-refractivity contribution in [1.82, 2.24) is 10.2 Å². The molecule has 0 aromatic heterocycles. The molecule has 2 fully saturated rings. The van der Waals surface area contributed by atoms with Crippen molar-refractivity contribution >= 4 is 17.5 Å². The smallest absolute Gasteiger partial charge is 0.221 e. The SMILES string of the molecule is O=C(CCN1CCC2(CC1)OCCO2)NCc1ccccc1Cl. The third-order valence-electron chi connectivity index (χ3n) is 4.52. The summed E-state index contributed by atoms with van der Waals surface area (Å²) < 4.78 is 11.4. The van der Waals surface area contributed by atoms with Crippen LogP contribution in [0.3, 0.4) is 0 Å². The number of likely N-dealkylation sites (tertiary alicyclic amines) is 1. The van der Waals surface area contributed by atoms with Crippen molar-refractivity contribution in [3.8, 4) is 0 Å². The molecule has 1 aromatic rings. The van der Waals surface area contributed by atoms with Gasteiger partial charge in [-0.1, -0.05) is 29.8 Å². The van der Waals surface area contributed by atoms with Crippen LogP contribution in [0.15, 0.2) is 24.3 Å². The largest absolute Gasteiger partial charge is 0.352 e. The van der Waals surface area contributed by atoms with E-state index in [0.29, 0.717) is 31.2 Å². The number of hydrogen-bond donors (Lipinski definition) is 1. The molecule has 126 valence electrons. The van der Waals surface area contributed by atoms with Crippen LogP contribution in [0.4, 0.5) is 0 Å². The summed E-state index contributed by atoms with van der Waals surface area (Å²) in [5.74, 6) is -0.290. The first-order chi connectivity index (χ1) is 11.2. The lowest BCUT2D eigenvalue weighted by Gasteiger charge is -2.37. The molecule has 23 heavy (non-hydrogen) atoms. The van der Waals surface area contributed by atoms with Crippen molar-refractivity contribution in [2.45, 2.75) is 31.6 Å². The molecule has 1 N–H and O–H groups in total. The second kappa shape index (κ2) is 7.62. The van der Waals surface area contributed by atoms with Gasteiger partial charge < -0.3 is 19.7 Å². The topological polar surface area (TPSA) is 50.8 Å². The maximum absolute atomic E-state index is 12.0. The molecule has 0 bridgehead atoms. The maximum Gasteiger partial charge on any atom is 0.221 e. The molecule has 3 rings (SSSR count). The Kier molecular flexibility index (Phi) is 5.54. The molecule has 0 saturated carbocycles. The molecular formula is C17H23ClN2O3. The van der Waals surface area contributed by atoms with Crippen molar-refractivity contribution < 1.29 is 14.3 Å². The van der Waals surface area contributed by atoms with Gasteiger partial charge in [0.1, 0.15) is 0 Å². The minimum Gasteiger partial charge on any atom is -0.352 e. The van der Waals surface area contributed by atoms with E-state index in [1.165, 1.54) is 0 Å². The number of carbonyl (C=O) groups excluding carboxylic acids is 1. The maximum atomic E-state index is 12.0. The van der Waals surface area contributed by atoms with Crippen LogP contribution in [0.2, 0.25) is 5.02 Å². The Morgan fingerprint density at radius 2 is 1.91 bits per heavy atom. The van der Waals surface area contributed by atoms with Crippen LogP contribution < -0.4 is 5.32 Å². The van der Waals surface area contributed by atoms with Gasteiger partial charge in [-0.05, 0) is 11.6 Å². The molecule has 1 aromatic carbocycles. The molecule has 5 nitrogen and oxygen atoms in total. The van der Waals surface area contributed by atoms with E-state index in [1.807, 2.05) is 24.3 Å². The Bertz CT molecular complexity index is 536. The quantitative estimate of drug-likeness (QED) is 0.894. The molecular weight excluding hydrogens is 316 g/mol. The number of amides is 1. The molecule has 2 aliphatic rings. The Hall–Kier alpha value is -1.14. The van der Waals surface area contributed by atoms with E-state index < -0.39 is 0 Å². The number of nitrogens with one attached hydrogen (secondary N) is 1. The van der Waals surface area contributed by atoms with Gasteiger partial charge in [0.2, 0.25) is 5.91 Å². The minimum absolute atomic E-state index is 0.0542. The molecule has 0 atom stereocenters. The predicted molar refractivity (Wildman–Crippen MR) is 88.2 cm³/mol. The lowest BCUT2D eigenvalue weighted by atomic mass is 10.0. The molecule has 0 aliphatic carbocycles. The summed E-state index contributed by atoms with van der Waals surface area (Å²) in [4.78, 5) is 14.3. The first-order valence-corrected chi connectivity index (χ1v) is 8.55. The number of carbonyl (C=O) groups is 1. The van der Waals surface area contributed by atoms with Gasteiger partial charge in [0.15, 0.2) is 5.79 Å². The average Bonchev–Trinajstić information content (AvgIpc) is 3.02. The van der Waals surface area contributed by atoms with E-state index in [1.54, 1.807) is 0 Å². The first kappa shape index (κ1) is 16.7. The van der Waals surface area contributed by atoms with Crippen LogP contribution in [0.1, 0.15) is 24.8 Å². The molecule has 1 spiro atoms. The zero-order valence-corrected chi connectivity index (χ0v) is 14.0. The van der Waals surface area contributed by atoms with E-state index in [-0.39, 0.29) is 11.7 Å². The molecule has 6 heteroatoms. The van der Waals surface area contributed by atoms with E-state index in [9.17, 15) is 4.79 Å². The van der Waals surface area contributed by atoms with Crippen molar-refractivity contribution in [2.24, 2.45) is 0 Å². The number of nitrogens with zero attached hydrogens (tertiary/aromatic N) is 1. The Labute approximate surface area is 141 Å². The highest BCUT2D eigenvalue weighted by Crippen LogP contribution is 2.31. The van der Waals surface area contributed by atoms with E-state index in [4.69, 9.17) is 21.1 Å².